The van der Waals surface area contributed by atoms with Crippen molar-refractivity contribution in [2.24, 2.45) is 0 Å². The highest BCUT2D eigenvalue weighted by molar-refractivity contribution is 7.22. The summed E-state index contributed by atoms with van der Waals surface area (Å²) in [7, 11) is 0. The molecule has 0 atom stereocenters. The number of rotatable bonds is 2. The van der Waals surface area contributed by atoms with Gasteiger partial charge in [0.2, 0.25) is 5.82 Å². The third kappa shape index (κ3) is 2.25. The summed E-state index contributed by atoms with van der Waals surface area (Å²) < 4.78 is 5.39. The Balaban J connectivity index is 1.86. The van der Waals surface area contributed by atoms with E-state index in [2.05, 4.69) is 20.1 Å². The molecule has 4 rings (SSSR count). The molecule has 0 saturated heterocycles. The Kier molecular flexibility index (Phi) is 3.09. The average molecular weight is 323 g/mol. The average Bonchev–Trinajstić information content (AvgIpc) is 3.13. The number of fused-ring (bicyclic) bond motifs is 1. The summed E-state index contributed by atoms with van der Waals surface area (Å²) in [6.45, 7) is 3.99. The molecular formula is C16H13N5OS. The molecule has 6 nitrogen and oxygen atoms in total. The number of nitrogens with two attached hydrogens (primary N) is 1. The highest BCUT2D eigenvalue weighted by atomic mass is 32.1. The van der Waals surface area contributed by atoms with Crippen LogP contribution in [0.2, 0.25) is 0 Å². The van der Waals surface area contributed by atoms with Gasteiger partial charge in [-0.2, -0.15) is 4.98 Å². The minimum atomic E-state index is 0.392. The number of thiophene rings is 1. The Morgan fingerprint density at radius 2 is 2.04 bits per heavy atom. The second kappa shape index (κ2) is 5.13. The second-order valence-corrected chi connectivity index (χ2v) is 6.24. The van der Waals surface area contributed by atoms with Gasteiger partial charge < -0.3 is 10.3 Å². The summed E-state index contributed by atoms with van der Waals surface area (Å²) in [5, 5.41) is 4.95. The van der Waals surface area contributed by atoms with Crippen molar-refractivity contribution in [2.45, 2.75) is 13.8 Å². The maximum Gasteiger partial charge on any atom is 0.270 e. The first kappa shape index (κ1) is 13.8. The normalized spacial score (nSPS) is 11.2. The van der Waals surface area contributed by atoms with Crippen molar-refractivity contribution in [2.75, 3.05) is 5.73 Å². The molecule has 4 aromatic heterocycles. The standard InChI is InChI=1S/C16H13N5OS/c1-8-7-9(2)19-16-11(8)12(17)13(23-16)15-20-14(21-22-15)10-5-3-4-6-18-10/h3-7H,17H2,1-2H3. The quantitative estimate of drug-likeness (QED) is 0.606. The van der Waals surface area contributed by atoms with E-state index in [4.69, 9.17) is 10.3 Å². The predicted molar refractivity (Wildman–Crippen MR) is 90.0 cm³/mol. The molecule has 4 heterocycles. The number of hydrogen-bond donors (Lipinski definition) is 1. The first-order chi connectivity index (χ1) is 11.1. The summed E-state index contributed by atoms with van der Waals surface area (Å²) in [5.41, 5.74) is 9.64. The smallest absolute Gasteiger partial charge is 0.270 e. The molecule has 0 amide bonds. The molecular weight excluding hydrogens is 310 g/mol. The van der Waals surface area contributed by atoms with Crippen molar-refractivity contribution in [1.29, 1.82) is 0 Å². The molecule has 0 unspecified atom stereocenters. The molecule has 0 aromatic carbocycles. The van der Waals surface area contributed by atoms with Gasteiger partial charge in [-0.3, -0.25) is 4.98 Å². The lowest BCUT2D eigenvalue weighted by Crippen LogP contribution is -1.89. The van der Waals surface area contributed by atoms with Gasteiger partial charge in [-0.1, -0.05) is 11.2 Å². The monoisotopic (exact) mass is 323 g/mol. The van der Waals surface area contributed by atoms with Crippen molar-refractivity contribution in [1.82, 2.24) is 20.1 Å². The zero-order valence-corrected chi connectivity index (χ0v) is 13.4. The highest BCUT2D eigenvalue weighted by Gasteiger charge is 2.20. The Labute approximate surface area is 136 Å². The van der Waals surface area contributed by atoms with Gasteiger partial charge in [0.15, 0.2) is 0 Å². The van der Waals surface area contributed by atoms with E-state index in [0.717, 1.165) is 26.4 Å². The summed E-state index contributed by atoms with van der Waals surface area (Å²) in [4.78, 5) is 14.8. The summed E-state index contributed by atoms with van der Waals surface area (Å²) in [6, 6.07) is 7.56. The molecule has 2 N–H and O–H groups in total. The maximum absolute atomic E-state index is 6.30. The molecule has 114 valence electrons. The van der Waals surface area contributed by atoms with Gasteiger partial charge in [-0.15, -0.1) is 11.3 Å². The lowest BCUT2D eigenvalue weighted by atomic mass is 10.1. The van der Waals surface area contributed by atoms with Gasteiger partial charge in [-0.05, 0) is 37.6 Å². The van der Waals surface area contributed by atoms with Gasteiger partial charge in [-0.25, -0.2) is 4.98 Å². The molecule has 4 aromatic rings. The lowest BCUT2D eigenvalue weighted by Gasteiger charge is -1.99. The topological polar surface area (TPSA) is 90.7 Å². The molecule has 23 heavy (non-hydrogen) atoms. The van der Waals surface area contributed by atoms with E-state index < -0.39 is 0 Å². The molecule has 0 aliphatic carbocycles. The molecule has 7 heteroatoms. The summed E-state index contributed by atoms with van der Waals surface area (Å²) >= 11 is 1.46. The first-order valence-electron chi connectivity index (χ1n) is 7.05. The van der Waals surface area contributed by atoms with Crippen LogP contribution in [0.15, 0.2) is 35.0 Å². The number of pyridine rings is 2. The largest absolute Gasteiger partial charge is 0.397 e. The Bertz CT molecular complexity index is 1010. The molecule has 0 fully saturated rings. The van der Waals surface area contributed by atoms with Crippen LogP contribution >= 0.6 is 11.3 Å². The zero-order valence-electron chi connectivity index (χ0n) is 12.6. The molecule has 0 radical (unpaired) electrons. The van der Waals surface area contributed by atoms with E-state index in [0.29, 0.717) is 23.1 Å². The van der Waals surface area contributed by atoms with Crippen LogP contribution in [0.4, 0.5) is 5.69 Å². The number of nitrogen functional groups attached to an aromatic ring is 1. The van der Waals surface area contributed by atoms with Crippen LogP contribution in [-0.2, 0) is 0 Å². The van der Waals surface area contributed by atoms with Gasteiger partial charge in [0.05, 0.1) is 5.69 Å². The van der Waals surface area contributed by atoms with Crippen molar-refractivity contribution in [3.63, 3.8) is 0 Å². The SMILES string of the molecule is Cc1cc(C)c2c(N)c(-c3nc(-c4ccccn4)no3)sc2n1. The van der Waals surface area contributed by atoms with E-state index in [9.17, 15) is 0 Å². The minimum Gasteiger partial charge on any atom is -0.397 e. The second-order valence-electron chi connectivity index (χ2n) is 5.24. The number of aromatic nitrogens is 4. The van der Waals surface area contributed by atoms with E-state index in [1.165, 1.54) is 11.3 Å². The summed E-state index contributed by atoms with van der Waals surface area (Å²) in [6.07, 6.45) is 1.69. The van der Waals surface area contributed by atoms with Gasteiger partial charge in [0.25, 0.3) is 5.89 Å². The van der Waals surface area contributed by atoms with Crippen LogP contribution in [0.3, 0.4) is 0 Å². The van der Waals surface area contributed by atoms with E-state index in [-0.39, 0.29) is 0 Å². The van der Waals surface area contributed by atoms with E-state index in [1.807, 2.05) is 38.1 Å². The van der Waals surface area contributed by atoms with Gasteiger partial charge >= 0.3 is 0 Å². The molecule has 0 spiro atoms. The molecule has 0 aliphatic rings. The van der Waals surface area contributed by atoms with Crippen LogP contribution in [0.1, 0.15) is 11.3 Å². The number of hydrogen-bond acceptors (Lipinski definition) is 7. The molecule has 0 saturated carbocycles. The lowest BCUT2D eigenvalue weighted by molar-refractivity contribution is 0.433. The third-order valence-electron chi connectivity index (χ3n) is 3.54. The number of aryl methyl sites for hydroxylation is 2. The van der Waals surface area contributed by atoms with Crippen LogP contribution in [0, 0.1) is 13.8 Å². The Hall–Kier alpha value is -2.80. The molecule has 0 aliphatic heterocycles. The Morgan fingerprint density at radius 3 is 2.83 bits per heavy atom. The number of anilines is 1. The maximum atomic E-state index is 6.30. The van der Waals surface area contributed by atoms with Gasteiger partial charge in [0, 0.05) is 17.3 Å². The van der Waals surface area contributed by atoms with Crippen LogP contribution in [0.25, 0.3) is 32.5 Å². The fraction of sp³-hybridized carbons (Fsp3) is 0.125. The van der Waals surface area contributed by atoms with Crippen molar-refractivity contribution >= 4 is 27.2 Å². The third-order valence-corrected chi connectivity index (χ3v) is 4.63. The molecule has 0 bridgehead atoms. The minimum absolute atomic E-state index is 0.392. The van der Waals surface area contributed by atoms with Crippen molar-refractivity contribution < 1.29 is 4.52 Å². The van der Waals surface area contributed by atoms with Crippen LogP contribution in [-0.4, -0.2) is 20.1 Å². The predicted octanol–water partition coefficient (Wildman–Crippen LogP) is 3.61. The first-order valence-corrected chi connectivity index (χ1v) is 7.87. The fourth-order valence-electron chi connectivity index (χ4n) is 2.54. The van der Waals surface area contributed by atoms with E-state index in [1.54, 1.807) is 6.20 Å². The van der Waals surface area contributed by atoms with Crippen LogP contribution < -0.4 is 5.73 Å². The Morgan fingerprint density at radius 1 is 1.17 bits per heavy atom. The fourth-order valence-corrected chi connectivity index (χ4v) is 3.68. The zero-order chi connectivity index (χ0) is 16.0. The van der Waals surface area contributed by atoms with E-state index >= 15 is 0 Å². The number of nitrogens with zero attached hydrogens (tertiary/aromatic N) is 4. The van der Waals surface area contributed by atoms with Gasteiger partial charge in [0.1, 0.15) is 15.4 Å². The van der Waals surface area contributed by atoms with Crippen LogP contribution in [0.5, 0.6) is 0 Å². The highest BCUT2D eigenvalue weighted by Crippen LogP contribution is 2.41. The summed E-state index contributed by atoms with van der Waals surface area (Å²) in [5.74, 6) is 0.835. The van der Waals surface area contributed by atoms with Crippen molar-refractivity contribution in [3.05, 3.63) is 41.7 Å². The van der Waals surface area contributed by atoms with Crippen molar-refractivity contribution in [3.8, 4) is 22.3 Å².